The summed E-state index contributed by atoms with van der Waals surface area (Å²) in [4.78, 5) is 22.8. The summed E-state index contributed by atoms with van der Waals surface area (Å²) in [6.45, 7) is 2.11. The fourth-order valence-corrected chi connectivity index (χ4v) is 2.67. The average molecular weight is 345 g/mol. The Balaban J connectivity index is 2.80. The van der Waals surface area contributed by atoms with Crippen molar-refractivity contribution in [3.8, 4) is 0 Å². The van der Waals surface area contributed by atoms with Crippen molar-refractivity contribution in [2.24, 2.45) is 0 Å². The highest BCUT2D eigenvalue weighted by Gasteiger charge is 2.13. The average Bonchev–Trinajstić information content (AvgIpc) is 2.45. The molecule has 5 nitrogen and oxygen atoms in total. The van der Waals surface area contributed by atoms with Crippen molar-refractivity contribution in [1.82, 2.24) is 0 Å². The number of rotatable bonds is 8. The highest BCUT2D eigenvalue weighted by atomic mass is 35.5. The summed E-state index contributed by atoms with van der Waals surface area (Å²) in [6, 6.07) is 4.36. The molecule has 0 radical (unpaired) electrons. The van der Waals surface area contributed by atoms with Crippen LogP contribution in [0.25, 0.3) is 0 Å². The Morgan fingerprint density at radius 1 is 1.36 bits per heavy atom. The fourth-order valence-electron chi connectivity index (χ4n) is 1.69. The molecule has 7 heteroatoms. The van der Waals surface area contributed by atoms with Crippen molar-refractivity contribution >= 4 is 33.5 Å². The Morgan fingerprint density at radius 3 is 2.55 bits per heavy atom. The first-order chi connectivity index (χ1) is 10.3. The van der Waals surface area contributed by atoms with Crippen LogP contribution in [0, 0.1) is 0 Å². The van der Waals surface area contributed by atoms with E-state index in [0.717, 1.165) is 12.5 Å². The second-order valence-corrected chi connectivity index (χ2v) is 7.02. The van der Waals surface area contributed by atoms with Gasteiger partial charge in [-0.1, -0.05) is 17.7 Å². The third-order valence-electron chi connectivity index (χ3n) is 2.90. The number of carbonyl (C=O) groups excluding carboxylic acids is 2. The maximum Gasteiger partial charge on any atom is 0.175 e. The van der Waals surface area contributed by atoms with Crippen LogP contribution < -0.4 is 0 Å². The summed E-state index contributed by atoms with van der Waals surface area (Å²) in [5.41, 5.74) is 0.606. The zero-order valence-electron chi connectivity index (χ0n) is 12.3. The second-order valence-electron chi connectivity index (χ2n) is 4.59. The molecule has 1 rings (SSSR count). The lowest BCUT2D eigenvalue weighted by atomic mass is 10.0. The van der Waals surface area contributed by atoms with Gasteiger partial charge in [-0.25, -0.2) is 8.42 Å². The van der Waals surface area contributed by atoms with Gasteiger partial charge in [-0.2, -0.15) is 0 Å². The number of aryl methyl sites for hydroxylation is 1. The quantitative estimate of drug-likeness (QED) is 0.238. The van der Waals surface area contributed by atoms with E-state index in [2.05, 4.69) is 0 Å². The molecule has 0 saturated heterocycles. The molecular weight excluding hydrogens is 328 g/mol. The first kappa shape index (κ1) is 18.4. The number of ketones is 1. The van der Waals surface area contributed by atoms with Gasteiger partial charge < -0.3 is 4.74 Å². The minimum absolute atomic E-state index is 0.0364. The van der Waals surface area contributed by atoms with E-state index in [1.807, 2.05) is 0 Å². The standard InChI is InChI=1S/C15H17ClO5S/c1-3-21-10-12(9-17)15(18)7-5-11-4-6-13(8-14(11)16)22(2,19)20/h4,6,8-10H,3,5,7H2,1-2H3. The molecule has 0 saturated carbocycles. The number of sulfone groups is 1. The summed E-state index contributed by atoms with van der Waals surface area (Å²) in [7, 11) is -3.32. The summed E-state index contributed by atoms with van der Waals surface area (Å²) in [5, 5.41) is 0.275. The third-order valence-corrected chi connectivity index (χ3v) is 4.36. The molecular formula is C15H17ClO5S. The molecule has 0 bridgehead atoms. The molecule has 0 fully saturated rings. The number of aldehydes is 1. The van der Waals surface area contributed by atoms with Gasteiger partial charge in [-0.05, 0) is 31.0 Å². The van der Waals surface area contributed by atoms with Gasteiger partial charge >= 0.3 is 0 Å². The predicted octanol–water partition coefficient (Wildman–Crippen LogP) is 2.36. The lowest BCUT2D eigenvalue weighted by molar-refractivity contribution is -0.117. The van der Waals surface area contributed by atoms with Crippen LogP contribution >= 0.6 is 11.6 Å². The van der Waals surface area contributed by atoms with Crippen molar-refractivity contribution in [3.05, 3.63) is 40.6 Å². The molecule has 0 aliphatic heterocycles. The monoisotopic (exact) mass is 344 g/mol. The lowest BCUT2D eigenvalue weighted by Gasteiger charge is -2.06. The molecule has 0 atom stereocenters. The predicted molar refractivity (Wildman–Crippen MR) is 83.7 cm³/mol. The number of benzene rings is 1. The van der Waals surface area contributed by atoms with E-state index in [1.165, 1.54) is 12.1 Å². The second kappa shape index (κ2) is 8.10. The Hall–Kier alpha value is -1.66. The Morgan fingerprint density at radius 2 is 2.05 bits per heavy atom. The molecule has 0 spiro atoms. The van der Waals surface area contributed by atoms with Gasteiger partial charge in [0, 0.05) is 17.7 Å². The van der Waals surface area contributed by atoms with E-state index in [1.54, 1.807) is 13.0 Å². The van der Waals surface area contributed by atoms with E-state index in [0.29, 0.717) is 24.9 Å². The van der Waals surface area contributed by atoms with Gasteiger partial charge in [0.05, 0.1) is 23.3 Å². The smallest absolute Gasteiger partial charge is 0.175 e. The van der Waals surface area contributed by atoms with Crippen molar-refractivity contribution in [3.63, 3.8) is 0 Å². The van der Waals surface area contributed by atoms with Crippen LogP contribution in [-0.2, 0) is 30.6 Å². The molecule has 0 aromatic heterocycles. The maximum atomic E-state index is 11.9. The highest BCUT2D eigenvalue weighted by molar-refractivity contribution is 7.90. The fraction of sp³-hybridized carbons (Fsp3) is 0.333. The van der Waals surface area contributed by atoms with E-state index >= 15 is 0 Å². The maximum absolute atomic E-state index is 11.9. The van der Waals surface area contributed by atoms with Crippen molar-refractivity contribution in [2.75, 3.05) is 12.9 Å². The van der Waals surface area contributed by atoms with Crippen LogP contribution in [-0.4, -0.2) is 33.3 Å². The molecule has 120 valence electrons. The normalized spacial score (nSPS) is 12.0. The minimum Gasteiger partial charge on any atom is -0.501 e. The number of ether oxygens (including phenoxy) is 1. The summed E-state index contributed by atoms with van der Waals surface area (Å²) >= 11 is 6.03. The molecule has 0 aliphatic rings. The van der Waals surface area contributed by atoms with Crippen LogP contribution in [0.15, 0.2) is 34.9 Å². The zero-order chi connectivity index (χ0) is 16.8. The van der Waals surface area contributed by atoms with Crippen LogP contribution in [0.5, 0.6) is 0 Å². The highest BCUT2D eigenvalue weighted by Crippen LogP contribution is 2.22. The topological polar surface area (TPSA) is 77.5 Å². The van der Waals surface area contributed by atoms with Crippen LogP contribution in [0.4, 0.5) is 0 Å². The number of allylic oxidation sites excluding steroid dienone is 1. The first-order valence-electron chi connectivity index (χ1n) is 6.58. The van der Waals surface area contributed by atoms with Crippen LogP contribution in [0.2, 0.25) is 5.02 Å². The minimum atomic E-state index is -3.32. The van der Waals surface area contributed by atoms with Gasteiger partial charge in [0.2, 0.25) is 0 Å². The Labute approximate surface area is 134 Å². The van der Waals surface area contributed by atoms with E-state index < -0.39 is 9.84 Å². The molecule has 0 amide bonds. The van der Waals surface area contributed by atoms with Crippen molar-refractivity contribution in [1.29, 1.82) is 0 Å². The molecule has 1 aromatic carbocycles. The third kappa shape index (κ3) is 5.27. The number of carbonyl (C=O) groups is 2. The molecule has 1 aromatic rings. The van der Waals surface area contributed by atoms with Crippen LogP contribution in [0.3, 0.4) is 0 Å². The zero-order valence-corrected chi connectivity index (χ0v) is 13.9. The van der Waals surface area contributed by atoms with Gasteiger partial charge in [0.15, 0.2) is 21.9 Å². The van der Waals surface area contributed by atoms with Crippen molar-refractivity contribution < 1.29 is 22.7 Å². The number of halogens is 1. The summed E-state index contributed by atoms with van der Waals surface area (Å²) < 4.78 is 27.8. The van der Waals surface area contributed by atoms with E-state index in [9.17, 15) is 18.0 Å². The largest absolute Gasteiger partial charge is 0.501 e. The number of hydrogen-bond acceptors (Lipinski definition) is 5. The molecule has 0 unspecified atom stereocenters. The lowest BCUT2D eigenvalue weighted by Crippen LogP contribution is -2.07. The molecule has 0 N–H and O–H groups in total. The molecule has 22 heavy (non-hydrogen) atoms. The Bertz CT molecular complexity index is 692. The van der Waals surface area contributed by atoms with Crippen LogP contribution in [0.1, 0.15) is 18.9 Å². The summed E-state index contributed by atoms with van der Waals surface area (Å²) in [5.74, 6) is -0.355. The van der Waals surface area contributed by atoms with Crippen molar-refractivity contribution in [2.45, 2.75) is 24.7 Å². The van der Waals surface area contributed by atoms with Gasteiger partial charge in [0.1, 0.15) is 0 Å². The van der Waals surface area contributed by atoms with E-state index in [-0.39, 0.29) is 27.7 Å². The van der Waals surface area contributed by atoms with E-state index in [4.69, 9.17) is 16.3 Å². The van der Waals surface area contributed by atoms with Gasteiger partial charge in [0.25, 0.3) is 0 Å². The number of Topliss-reactive ketones (excluding diaryl/α,β-unsaturated/α-hetero) is 1. The molecule has 0 aliphatic carbocycles. The number of hydrogen-bond donors (Lipinski definition) is 0. The SMILES string of the molecule is CCOC=C(C=O)C(=O)CCc1ccc(S(C)(=O)=O)cc1Cl. The first-order valence-corrected chi connectivity index (χ1v) is 8.85. The van der Waals surface area contributed by atoms with Gasteiger partial charge in [-0.3, -0.25) is 9.59 Å². The summed E-state index contributed by atoms with van der Waals surface area (Å²) in [6.07, 6.45) is 3.07. The van der Waals surface area contributed by atoms with Gasteiger partial charge in [-0.15, -0.1) is 0 Å². The molecule has 0 heterocycles. The Kier molecular flexibility index (Phi) is 6.77.